The summed E-state index contributed by atoms with van der Waals surface area (Å²) in [5.74, 6) is 0.0981. The number of hydrogen-bond donors (Lipinski definition) is 3. The summed E-state index contributed by atoms with van der Waals surface area (Å²) < 4.78 is 18.1. The molecule has 0 amide bonds. The fourth-order valence-electron chi connectivity index (χ4n) is 3.12. The lowest BCUT2D eigenvalue weighted by molar-refractivity contribution is -0.142. The van der Waals surface area contributed by atoms with Gasteiger partial charge >= 0.3 is 5.97 Å². The van der Waals surface area contributed by atoms with Crippen LogP contribution < -0.4 is 20.7 Å². The Kier molecular flexibility index (Phi) is 7.00. The van der Waals surface area contributed by atoms with Crippen LogP contribution in [0.1, 0.15) is 19.4 Å². The normalized spacial score (nSPS) is 11.7. The van der Waals surface area contributed by atoms with Crippen LogP contribution in [-0.4, -0.2) is 41.5 Å². The van der Waals surface area contributed by atoms with Crippen molar-refractivity contribution in [3.63, 3.8) is 0 Å². The Morgan fingerprint density at radius 2 is 1.82 bits per heavy atom. The summed E-state index contributed by atoms with van der Waals surface area (Å²) in [6.45, 7) is 6.65. The third kappa shape index (κ3) is 5.46. The molecule has 0 aliphatic carbocycles. The number of nitrogens with zero attached hydrogens (tertiary/aromatic N) is 2. The van der Waals surface area contributed by atoms with Crippen LogP contribution >= 0.6 is 18.7 Å². The number of ether oxygens (including phenoxy) is 1. The van der Waals surface area contributed by atoms with E-state index in [9.17, 15) is 14.5 Å². The lowest BCUT2D eigenvalue weighted by Gasteiger charge is -2.21. The maximum absolute atomic E-state index is 12.7. The molecule has 1 heterocycles. The number of hydrogen-bond acceptors (Lipinski definition) is 7. The van der Waals surface area contributed by atoms with E-state index in [-0.39, 0.29) is 5.95 Å². The number of benzene rings is 2. The van der Waals surface area contributed by atoms with Gasteiger partial charge in [-0.3, -0.25) is 4.79 Å². The number of aliphatic carboxylic acids is 1. The van der Waals surface area contributed by atoms with Gasteiger partial charge < -0.3 is 25.0 Å². The van der Waals surface area contributed by atoms with Crippen molar-refractivity contribution in [1.29, 1.82) is 0 Å². The minimum Gasteiger partial charge on any atom is -0.495 e. The van der Waals surface area contributed by atoms with Crippen molar-refractivity contribution in [2.45, 2.75) is 19.3 Å². The predicted molar refractivity (Wildman–Crippen MR) is 133 cm³/mol. The van der Waals surface area contributed by atoms with E-state index in [2.05, 4.69) is 20.6 Å². The first-order valence-electron chi connectivity index (χ1n) is 10.1. The molecular formula is C23H26ClN4O4P. The minimum absolute atomic E-state index is 0.249. The lowest BCUT2D eigenvalue weighted by Crippen LogP contribution is -2.28. The number of aromatic nitrogens is 2. The quantitative estimate of drug-likeness (QED) is 0.369. The molecule has 0 spiro atoms. The summed E-state index contributed by atoms with van der Waals surface area (Å²) in [6.07, 6.45) is 1.45. The number of para-hydroxylation sites is 1. The SMILES string of the molecule is COc1cc(C(C)(C)C(=O)O)ccc1Nc1ncc(Cl)c(Nc2ccccc2P(C)(C)=O)n1. The van der Waals surface area contributed by atoms with Gasteiger partial charge in [0, 0.05) is 5.30 Å². The molecule has 8 nitrogen and oxygen atoms in total. The van der Waals surface area contributed by atoms with Crippen molar-refractivity contribution >= 4 is 53.2 Å². The zero-order valence-corrected chi connectivity index (χ0v) is 20.7. The van der Waals surface area contributed by atoms with Crippen LogP contribution in [0.3, 0.4) is 0 Å². The highest BCUT2D eigenvalue weighted by atomic mass is 35.5. The fourth-order valence-corrected chi connectivity index (χ4v) is 4.41. The van der Waals surface area contributed by atoms with Crippen molar-refractivity contribution in [3.8, 4) is 5.75 Å². The molecule has 10 heteroatoms. The van der Waals surface area contributed by atoms with Crippen molar-refractivity contribution < 1.29 is 19.2 Å². The second kappa shape index (κ2) is 9.41. The Hall–Kier alpha value is -3.09. The summed E-state index contributed by atoms with van der Waals surface area (Å²) in [4.78, 5) is 20.3. The molecule has 2 aromatic carbocycles. The van der Waals surface area contributed by atoms with E-state index >= 15 is 0 Å². The number of anilines is 4. The largest absolute Gasteiger partial charge is 0.495 e. The van der Waals surface area contributed by atoms with E-state index in [0.29, 0.717) is 38.8 Å². The van der Waals surface area contributed by atoms with Gasteiger partial charge in [-0.25, -0.2) is 4.98 Å². The maximum atomic E-state index is 12.7. The van der Waals surface area contributed by atoms with Crippen molar-refractivity contribution in [1.82, 2.24) is 9.97 Å². The summed E-state index contributed by atoms with van der Waals surface area (Å²) in [5.41, 5.74) is 0.723. The van der Waals surface area contributed by atoms with Gasteiger partial charge in [0.05, 0.1) is 30.1 Å². The Morgan fingerprint density at radius 1 is 1.12 bits per heavy atom. The van der Waals surface area contributed by atoms with E-state index in [4.69, 9.17) is 16.3 Å². The molecule has 33 heavy (non-hydrogen) atoms. The average Bonchev–Trinajstić information content (AvgIpc) is 2.75. The standard InChI is InChI=1S/C23H26ClN4O4P/c1-23(2,21(29)30)14-10-11-16(18(12-14)32-3)27-22-25-13-15(24)20(28-22)26-17-8-6-7-9-19(17)33(4,5)31/h6-13H,1-5H3,(H,29,30)(H2,25,26,27,28). The molecular weight excluding hydrogens is 463 g/mol. The highest BCUT2D eigenvalue weighted by molar-refractivity contribution is 7.70. The number of nitrogens with one attached hydrogen (secondary N) is 2. The molecule has 0 bridgehead atoms. The third-order valence-corrected chi connectivity index (χ3v) is 7.01. The van der Waals surface area contributed by atoms with Crippen LogP contribution in [-0.2, 0) is 14.8 Å². The zero-order valence-electron chi connectivity index (χ0n) is 19.0. The number of halogens is 1. The van der Waals surface area contributed by atoms with Gasteiger partial charge in [-0.2, -0.15) is 4.98 Å². The Morgan fingerprint density at radius 3 is 2.45 bits per heavy atom. The van der Waals surface area contributed by atoms with Crippen LogP contribution in [0, 0.1) is 0 Å². The van der Waals surface area contributed by atoms with Gasteiger partial charge in [-0.05, 0) is 57.0 Å². The van der Waals surface area contributed by atoms with Gasteiger partial charge in [0.15, 0.2) is 5.82 Å². The van der Waals surface area contributed by atoms with Crippen LogP contribution in [0.5, 0.6) is 5.75 Å². The summed E-state index contributed by atoms with van der Waals surface area (Å²) in [7, 11) is -1.04. The second-order valence-electron chi connectivity index (χ2n) is 8.35. The molecule has 0 aliphatic heterocycles. The molecule has 3 N–H and O–H groups in total. The predicted octanol–water partition coefficient (Wildman–Crippen LogP) is 5.24. The summed E-state index contributed by atoms with van der Waals surface area (Å²) in [6, 6.07) is 12.4. The number of rotatable bonds is 8. The topological polar surface area (TPSA) is 113 Å². The monoisotopic (exact) mass is 488 g/mol. The molecule has 0 aliphatic rings. The molecule has 174 valence electrons. The molecule has 0 unspecified atom stereocenters. The van der Waals surface area contributed by atoms with Crippen LogP contribution in [0.15, 0.2) is 48.7 Å². The van der Waals surface area contributed by atoms with Crippen LogP contribution in [0.4, 0.5) is 23.1 Å². The Labute approximate surface area is 197 Å². The van der Waals surface area contributed by atoms with E-state index in [1.165, 1.54) is 13.3 Å². The molecule has 0 saturated heterocycles. The molecule has 0 radical (unpaired) electrons. The zero-order chi connectivity index (χ0) is 24.4. The maximum Gasteiger partial charge on any atom is 0.313 e. The first-order valence-corrected chi connectivity index (χ1v) is 13.0. The van der Waals surface area contributed by atoms with Crippen molar-refractivity contribution in [2.75, 3.05) is 31.1 Å². The van der Waals surface area contributed by atoms with Gasteiger partial charge in [-0.15, -0.1) is 0 Å². The minimum atomic E-state index is -2.53. The first-order chi connectivity index (χ1) is 15.4. The number of carbonyl (C=O) groups is 1. The molecule has 3 rings (SSSR count). The van der Waals surface area contributed by atoms with E-state index in [0.717, 1.165) is 0 Å². The van der Waals surface area contributed by atoms with Crippen molar-refractivity contribution in [2.24, 2.45) is 0 Å². The average molecular weight is 489 g/mol. The number of carboxylic acid groups (broad SMARTS) is 1. The summed E-state index contributed by atoms with van der Waals surface area (Å²) in [5, 5.41) is 16.7. The van der Waals surface area contributed by atoms with E-state index < -0.39 is 18.5 Å². The number of methoxy groups -OCH3 is 1. The smallest absolute Gasteiger partial charge is 0.313 e. The summed E-state index contributed by atoms with van der Waals surface area (Å²) >= 11 is 6.31. The molecule has 0 fully saturated rings. The van der Waals surface area contributed by atoms with Crippen LogP contribution in [0.25, 0.3) is 0 Å². The van der Waals surface area contributed by atoms with Crippen molar-refractivity contribution in [3.05, 3.63) is 59.2 Å². The Balaban J connectivity index is 1.93. The van der Waals surface area contributed by atoms with Gasteiger partial charge in [0.1, 0.15) is 17.9 Å². The van der Waals surface area contributed by atoms with Gasteiger partial charge in [-0.1, -0.05) is 29.8 Å². The van der Waals surface area contributed by atoms with Gasteiger partial charge in [0.2, 0.25) is 5.95 Å². The first kappa shape index (κ1) is 24.6. The molecule has 1 aromatic heterocycles. The third-order valence-electron chi connectivity index (χ3n) is 5.19. The molecule has 3 aromatic rings. The van der Waals surface area contributed by atoms with Gasteiger partial charge in [0.25, 0.3) is 0 Å². The highest BCUT2D eigenvalue weighted by Gasteiger charge is 2.30. The Bertz CT molecular complexity index is 1240. The van der Waals surface area contributed by atoms with E-state index in [1.54, 1.807) is 45.4 Å². The van der Waals surface area contributed by atoms with Crippen LogP contribution in [0.2, 0.25) is 5.02 Å². The lowest BCUT2D eigenvalue weighted by atomic mass is 9.84. The molecule has 0 atom stereocenters. The highest BCUT2D eigenvalue weighted by Crippen LogP contribution is 2.39. The number of carboxylic acids is 1. The second-order valence-corrected chi connectivity index (χ2v) is 11.9. The fraction of sp³-hybridized carbons (Fsp3) is 0.261. The van der Waals surface area contributed by atoms with E-state index in [1.807, 2.05) is 24.3 Å². The molecule has 0 saturated carbocycles.